The summed E-state index contributed by atoms with van der Waals surface area (Å²) in [7, 11) is 1.96. The van der Waals surface area contributed by atoms with Crippen LogP contribution in [0.15, 0.2) is 42.5 Å². The molecule has 0 aromatic heterocycles. The summed E-state index contributed by atoms with van der Waals surface area (Å²) in [4.78, 5) is 27.5. The summed E-state index contributed by atoms with van der Waals surface area (Å²) in [6.45, 7) is 5.46. The number of hydrogen-bond acceptors (Lipinski definition) is 3. The first kappa shape index (κ1) is 20.3. The van der Waals surface area contributed by atoms with Gasteiger partial charge < -0.3 is 15.5 Å². The predicted octanol–water partition coefficient (Wildman–Crippen LogP) is 2.73. The van der Waals surface area contributed by atoms with Crippen molar-refractivity contribution < 1.29 is 9.59 Å². The van der Waals surface area contributed by atoms with Crippen molar-refractivity contribution in [3.8, 4) is 0 Å². The number of carbonyl (C=O) groups excluding carboxylic acids is 2. The average molecular weight is 382 g/mol. The lowest BCUT2D eigenvalue weighted by Gasteiger charge is -2.35. The van der Waals surface area contributed by atoms with Crippen molar-refractivity contribution in [2.75, 3.05) is 20.1 Å². The molecule has 150 valence electrons. The van der Waals surface area contributed by atoms with Crippen LogP contribution in [0.3, 0.4) is 0 Å². The van der Waals surface area contributed by atoms with Gasteiger partial charge in [0, 0.05) is 19.1 Å². The minimum absolute atomic E-state index is 0.0383. The number of amides is 2. The number of likely N-dealkylation sites (tertiary alicyclic amines) is 1. The molecule has 1 saturated heterocycles. The first-order valence-electron chi connectivity index (χ1n) is 10.2. The van der Waals surface area contributed by atoms with E-state index in [1.165, 1.54) is 0 Å². The molecule has 0 radical (unpaired) electrons. The lowest BCUT2D eigenvalue weighted by molar-refractivity contribution is -0.138. The molecule has 3 rings (SSSR count). The predicted molar refractivity (Wildman–Crippen MR) is 113 cm³/mol. The molecule has 1 unspecified atom stereocenters. The van der Waals surface area contributed by atoms with Gasteiger partial charge in [-0.2, -0.15) is 0 Å². The molecule has 2 aromatic rings. The zero-order valence-electron chi connectivity index (χ0n) is 17.1. The van der Waals surface area contributed by atoms with Crippen molar-refractivity contribution >= 4 is 22.6 Å². The maximum atomic E-state index is 13.0. The average Bonchev–Trinajstić information content (AvgIpc) is 2.71. The Hall–Kier alpha value is -2.40. The summed E-state index contributed by atoms with van der Waals surface area (Å²) < 4.78 is 0. The zero-order chi connectivity index (χ0) is 20.1. The highest BCUT2D eigenvalue weighted by molar-refractivity contribution is 5.89. The third kappa shape index (κ3) is 4.90. The second-order valence-electron chi connectivity index (χ2n) is 8.04. The number of hydrogen-bond donors (Lipinski definition) is 2. The summed E-state index contributed by atoms with van der Waals surface area (Å²) in [5, 5.41) is 8.55. The third-order valence-corrected chi connectivity index (χ3v) is 5.64. The normalized spacial score (nSPS) is 16.4. The Balaban J connectivity index is 1.62. The smallest absolute Gasteiger partial charge is 0.245 e. The molecule has 0 bridgehead atoms. The Labute approximate surface area is 167 Å². The Morgan fingerprint density at radius 1 is 1.07 bits per heavy atom. The van der Waals surface area contributed by atoms with E-state index in [4.69, 9.17) is 0 Å². The van der Waals surface area contributed by atoms with Crippen molar-refractivity contribution in [3.63, 3.8) is 0 Å². The number of carbonyl (C=O) groups is 2. The lowest BCUT2D eigenvalue weighted by atomic mass is 9.99. The topological polar surface area (TPSA) is 61.4 Å². The molecule has 5 nitrogen and oxygen atoms in total. The van der Waals surface area contributed by atoms with Gasteiger partial charge in [-0.3, -0.25) is 9.59 Å². The lowest BCUT2D eigenvalue weighted by Crippen LogP contribution is -2.54. The number of benzene rings is 2. The number of rotatable bonds is 6. The van der Waals surface area contributed by atoms with Gasteiger partial charge >= 0.3 is 0 Å². The van der Waals surface area contributed by atoms with Crippen LogP contribution in [-0.2, 0) is 16.0 Å². The zero-order valence-corrected chi connectivity index (χ0v) is 17.1. The highest BCUT2D eigenvalue weighted by atomic mass is 16.2. The number of nitrogens with one attached hydrogen (secondary N) is 2. The summed E-state index contributed by atoms with van der Waals surface area (Å²) >= 11 is 0. The van der Waals surface area contributed by atoms with Crippen molar-refractivity contribution in [2.45, 2.75) is 45.2 Å². The molecular weight excluding hydrogens is 350 g/mol. The summed E-state index contributed by atoms with van der Waals surface area (Å²) in [5.74, 6) is -0.0149. The van der Waals surface area contributed by atoms with E-state index >= 15 is 0 Å². The fraction of sp³-hybridized carbons (Fsp3) is 0.478. The molecular formula is C23H31N3O2. The highest BCUT2D eigenvalue weighted by Crippen LogP contribution is 2.17. The molecule has 0 spiro atoms. The van der Waals surface area contributed by atoms with Crippen LogP contribution in [0.4, 0.5) is 0 Å². The van der Waals surface area contributed by atoms with Gasteiger partial charge in [-0.15, -0.1) is 0 Å². The molecule has 1 aliphatic rings. The molecule has 1 aliphatic heterocycles. The van der Waals surface area contributed by atoms with Crippen LogP contribution in [0.2, 0.25) is 0 Å². The van der Waals surface area contributed by atoms with E-state index in [2.05, 4.69) is 16.7 Å². The molecule has 1 atom stereocenters. The van der Waals surface area contributed by atoms with Crippen LogP contribution in [0.25, 0.3) is 10.8 Å². The number of nitrogens with zero attached hydrogens (tertiary/aromatic N) is 1. The molecule has 2 amide bonds. The minimum Gasteiger partial charge on any atom is -0.344 e. The molecule has 0 aliphatic carbocycles. The van der Waals surface area contributed by atoms with E-state index < -0.39 is 6.04 Å². The molecule has 0 saturated carbocycles. The second kappa shape index (κ2) is 9.20. The maximum absolute atomic E-state index is 13.0. The first-order valence-corrected chi connectivity index (χ1v) is 10.2. The van der Waals surface area contributed by atoms with Gasteiger partial charge in [0.2, 0.25) is 11.8 Å². The van der Waals surface area contributed by atoms with Crippen LogP contribution in [0.5, 0.6) is 0 Å². The van der Waals surface area contributed by atoms with Crippen molar-refractivity contribution in [3.05, 3.63) is 48.0 Å². The summed E-state index contributed by atoms with van der Waals surface area (Å²) in [5.41, 5.74) is 0.959. The van der Waals surface area contributed by atoms with Crippen molar-refractivity contribution in [1.82, 2.24) is 15.5 Å². The first-order chi connectivity index (χ1) is 13.5. The largest absolute Gasteiger partial charge is 0.344 e. The Morgan fingerprint density at radius 3 is 2.39 bits per heavy atom. The van der Waals surface area contributed by atoms with Gasteiger partial charge in [0.05, 0.1) is 6.42 Å². The molecule has 5 heteroatoms. The summed E-state index contributed by atoms with van der Waals surface area (Å²) in [6.07, 6.45) is 2.19. The molecule has 1 fully saturated rings. The van der Waals surface area contributed by atoms with Gasteiger partial charge in [-0.25, -0.2) is 0 Å². The van der Waals surface area contributed by atoms with E-state index in [1.54, 1.807) is 0 Å². The van der Waals surface area contributed by atoms with Gasteiger partial charge in [0.1, 0.15) is 6.04 Å². The second-order valence-corrected chi connectivity index (χ2v) is 8.04. The minimum atomic E-state index is -0.473. The maximum Gasteiger partial charge on any atom is 0.245 e. The van der Waals surface area contributed by atoms with Crippen molar-refractivity contribution in [2.24, 2.45) is 5.92 Å². The van der Waals surface area contributed by atoms with E-state index in [0.717, 1.165) is 42.3 Å². The number of fused-ring (bicyclic) bond motifs is 1. The highest BCUT2D eigenvalue weighted by Gasteiger charge is 2.30. The molecule has 28 heavy (non-hydrogen) atoms. The summed E-state index contributed by atoms with van der Waals surface area (Å²) in [6, 6.07) is 14.2. The SMILES string of the molecule is CNC1CCN(C(=O)C(NC(=O)Cc2ccc3ccccc3c2)C(C)C)CC1. The van der Waals surface area contributed by atoms with Crippen LogP contribution >= 0.6 is 0 Å². The quantitative estimate of drug-likeness (QED) is 0.809. The number of piperidine rings is 1. The van der Waals surface area contributed by atoms with Crippen LogP contribution in [0.1, 0.15) is 32.3 Å². The van der Waals surface area contributed by atoms with Gasteiger partial charge in [-0.05, 0) is 42.1 Å². The van der Waals surface area contributed by atoms with E-state index in [9.17, 15) is 9.59 Å². The fourth-order valence-corrected chi connectivity index (χ4v) is 3.86. The Morgan fingerprint density at radius 2 is 1.75 bits per heavy atom. The monoisotopic (exact) mass is 381 g/mol. The van der Waals surface area contributed by atoms with Crippen molar-refractivity contribution in [1.29, 1.82) is 0 Å². The fourth-order valence-electron chi connectivity index (χ4n) is 3.86. The molecule has 2 N–H and O–H groups in total. The third-order valence-electron chi connectivity index (χ3n) is 5.64. The standard InChI is InChI=1S/C23H31N3O2/c1-16(2)22(23(28)26-12-10-20(24-3)11-13-26)25-21(27)15-17-8-9-18-6-4-5-7-19(18)14-17/h4-9,14,16,20,22,24H,10-13,15H2,1-3H3,(H,25,27). The Kier molecular flexibility index (Phi) is 6.68. The van der Waals surface area contributed by atoms with Gasteiger partial charge in [0.25, 0.3) is 0 Å². The van der Waals surface area contributed by atoms with Gasteiger partial charge in [0.15, 0.2) is 0 Å². The molecule has 2 aromatic carbocycles. The Bertz CT molecular complexity index is 825. The van der Waals surface area contributed by atoms with Gasteiger partial charge in [-0.1, -0.05) is 56.3 Å². The molecule has 1 heterocycles. The van der Waals surface area contributed by atoms with Crippen LogP contribution in [0, 0.1) is 5.92 Å². The van der Waals surface area contributed by atoms with E-state index in [-0.39, 0.29) is 24.2 Å². The van der Waals surface area contributed by atoms with E-state index in [1.807, 2.05) is 62.2 Å². The van der Waals surface area contributed by atoms with Crippen LogP contribution in [-0.4, -0.2) is 48.9 Å². The van der Waals surface area contributed by atoms with E-state index in [0.29, 0.717) is 6.04 Å². The van der Waals surface area contributed by atoms with Crippen LogP contribution < -0.4 is 10.6 Å².